The monoisotopic (exact) mass is 752 g/mol. The second-order valence-corrected chi connectivity index (χ2v) is 14.5. The van der Waals surface area contributed by atoms with Gasteiger partial charge in [-0.25, -0.2) is 0 Å². The van der Waals surface area contributed by atoms with E-state index in [0.717, 1.165) is 27.7 Å². The molecule has 11 unspecified atom stereocenters. The Balaban J connectivity index is 2.05. The third kappa shape index (κ3) is 8.26. The van der Waals surface area contributed by atoms with Gasteiger partial charge in [0.1, 0.15) is 24.2 Å². The van der Waals surface area contributed by atoms with Crippen LogP contribution in [0.4, 0.5) is 0 Å². The number of hydrogen-bond donors (Lipinski definition) is 2. The number of aliphatic hydroxyl groups excluding tert-OH is 1. The number of carbonyl (C=O) groups excluding carboxylic acids is 7. The smallest absolute Gasteiger partial charge is 0.317 e. The summed E-state index contributed by atoms with van der Waals surface area (Å²) in [5.74, 6) is -9.38. The largest absolute Gasteiger partial charge is 0.465 e. The van der Waals surface area contributed by atoms with E-state index in [9.17, 15) is 43.8 Å². The first-order chi connectivity index (χ1) is 24.7. The molecule has 3 fully saturated rings. The Hall–Kier alpha value is -4.35. The average molecular weight is 753 g/mol. The molecular formula is C36H48O17. The topological polar surface area (TPSA) is 237 Å². The summed E-state index contributed by atoms with van der Waals surface area (Å²) >= 11 is 0. The van der Waals surface area contributed by atoms with Crippen molar-refractivity contribution in [3.05, 3.63) is 23.8 Å². The lowest BCUT2D eigenvalue weighted by Gasteiger charge is -2.59. The molecule has 2 aliphatic heterocycles. The Morgan fingerprint density at radius 3 is 1.98 bits per heavy atom. The minimum Gasteiger partial charge on any atom is -0.465 e. The fourth-order valence-electron chi connectivity index (χ4n) is 7.69. The zero-order chi connectivity index (χ0) is 39.6. The number of aliphatic hydroxyl groups is 2. The van der Waals surface area contributed by atoms with E-state index in [1.165, 1.54) is 32.1 Å². The van der Waals surface area contributed by atoms with Crippen LogP contribution in [0, 0.1) is 23.2 Å². The number of fused-ring (bicyclic) bond motifs is 3. The van der Waals surface area contributed by atoms with Crippen molar-refractivity contribution in [2.24, 2.45) is 23.2 Å². The van der Waals surface area contributed by atoms with E-state index in [1.54, 1.807) is 0 Å². The lowest BCUT2D eigenvalue weighted by Crippen LogP contribution is -2.76. The van der Waals surface area contributed by atoms with Gasteiger partial charge in [-0.15, -0.1) is 0 Å². The van der Waals surface area contributed by atoms with E-state index in [0.29, 0.717) is 6.42 Å². The first-order valence-corrected chi connectivity index (χ1v) is 17.3. The molecule has 0 aromatic carbocycles. The van der Waals surface area contributed by atoms with Gasteiger partial charge in [0, 0.05) is 33.6 Å². The standard InChI is InChI=1S/C36H48O17/c1-17(2)11-12-46-26(42)14-27(43)52-24-10-9-23(15-37)13-25-36(45,18(3)33(44)53-25)32(51-22(7)41)29-34(24,8)30(49-20(5)39)28(48-19(4)38)31(50-21(6)40)35(29)16-47-35/h9-10,13,17-18,24-25,28-32,37,45H,11-12,14-16H2,1-8H3. The molecule has 0 aromatic heterocycles. The van der Waals surface area contributed by atoms with Crippen molar-refractivity contribution in [1.82, 2.24) is 0 Å². The van der Waals surface area contributed by atoms with Gasteiger partial charge in [0.05, 0.1) is 31.2 Å². The van der Waals surface area contributed by atoms with Crippen LogP contribution in [0.15, 0.2) is 23.8 Å². The number of rotatable bonds is 11. The van der Waals surface area contributed by atoms with E-state index in [-0.39, 0.29) is 24.7 Å². The lowest BCUT2D eigenvalue weighted by molar-refractivity contribution is -0.279. The van der Waals surface area contributed by atoms with Crippen LogP contribution in [0.25, 0.3) is 0 Å². The quantitative estimate of drug-likeness (QED) is 0.128. The average Bonchev–Trinajstić information content (AvgIpc) is 3.79. The third-order valence-corrected chi connectivity index (χ3v) is 10.2. The second kappa shape index (κ2) is 15.9. The molecule has 53 heavy (non-hydrogen) atoms. The molecule has 0 amide bonds. The van der Waals surface area contributed by atoms with E-state index >= 15 is 0 Å². The maximum Gasteiger partial charge on any atom is 0.317 e. The summed E-state index contributed by atoms with van der Waals surface area (Å²) in [6, 6.07) is 0. The molecule has 17 heteroatoms. The molecule has 0 radical (unpaired) electrons. The highest BCUT2D eigenvalue weighted by Crippen LogP contribution is 2.63. The lowest BCUT2D eigenvalue weighted by atomic mass is 9.51. The molecule has 0 bridgehead atoms. The van der Waals surface area contributed by atoms with Crippen LogP contribution in [0.2, 0.25) is 0 Å². The van der Waals surface area contributed by atoms with Crippen molar-refractivity contribution in [2.45, 2.75) is 116 Å². The van der Waals surface area contributed by atoms with Gasteiger partial charge in [-0.3, -0.25) is 33.6 Å². The number of carbonyl (C=O) groups is 7. The first-order valence-electron chi connectivity index (χ1n) is 17.3. The Labute approximate surface area is 306 Å². The Morgan fingerprint density at radius 1 is 0.887 bits per heavy atom. The molecule has 294 valence electrons. The van der Waals surface area contributed by atoms with Crippen LogP contribution in [0.1, 0.15) is 68.2 Å². The number of esters is 7. The molecule has 11 atom stereocenters. The highest BCUT2D eigenvalue weighted by molar-refractivity contribution is 5.91. The fourth-order valence-corrected chi connectivity index (χ4v) is 7.69. The van der Waals surface area contributed by atoms with Gasteiger partial charge in [0.25, 0.3) is 0 Å². The van der Waals surface area contributed by atoms with E-state index in [4.69, 9.17) is 37.9 Å². The SMILES string of the molecule is CC(=O)OC1C(OC(C)=O)C2(CO2)C2C(OC(C)=O)C3(O)C(C=C(CO)C=CC(OC(=O)CC(=O)OCCC(C)C)C2(C)C1OC(C)=O)OC(=O)C3C. The summed E-state index contributed by atoms with van der Waals surface area (Å²) in [7, 11) is 0. The fraction of sp³-hybridized carbons (Fsp3) is 0.694. The summed E-state index contributed by atoms with van der Waals surface area (Å²) in [5, 5.41) is 23.1. The number of ether oxygens (including phenoxy) is 8. The summed E-state index contributed by atoms with van der Waals surface area (Å²) in [6.07, 6.45) is -6.61. The normalized spacial score (nSPS) is 35.8. The van der Waals surface area contributed by atoms with Gasteiger partial charge in [-0.1, -0.05) is 26.8 Å². The highest BCUT2D eigenvalue weighted by Gasteiger charge is 2.81. The summed E-state index contributed by atoms with van der Waals surface area (Å²) in [4.78, 5) is 90.8. The maximum atomic E-state index is 13.6. The third-order valence-electron chi connectivity index (χ3n) is 10.2. The van der Waals surface area contributed by atoms with Gasteiger partial charge in [0.2, 0.25) is 0 Å². The zero-order valence-corrected chi connectivity index (χ0v) is 31.0. The molecule has 0 aromatic rings. The predicted molar refractivity (Wildman–Crippen MR) is 176 cm³/mol. The van der Waals surface area contributed by atoms with Crippen molar-refractivity contribution in [1.29, 1.82) is 0 Å². The number of hydrogen-bond acceptors (Lipinski definition) is 17. The molecular weight excluding hydrogens is 704 g/mol. The number of epoxide rings is 1. The van der Waals surface area contributed by atoms with Crippen LogP contribution in [0.3, 0.4) is 0 Å². The highest BCUT2D eigenvalue weighted by atomic mass is 16.7. The van der Waals surface area contributed by atoms with Gasteiger partial charge >= 0.3 is 41.8 Å². The van der Waals surface area contributed by atoms with Gasteiger partial charge in [0.15, 0.2) is 30.0 Å². The van der Waals surface area contributed by atoms with Crippen molar-refractivity contribution < 1.29 is 81.7 Å². The molecule has 4 rings (SSSR count). The van der Waals surface area contributed by atoms with Crippen LogP contribution >= 0.6 is 0 Å². The van der Waals surface area contributed by atoms with Crippen molar-refractivity contribution in [2.75, 3.05) is 19.8 Å². The summed E-state index contributed by atoms with van der Waals surface area (Å²) in [5.41, 5.74) is -6.28. The Morgan fingerprint density at radius 2 is 1.45 bits per heavy atom. The summed E-state index contributed by atoms with van der Waals surface area (Å²) in [6.45, 7) is 9.83. The van der Waals surface area contributed by atoms with Gasteiger partial charge < -0.3 is 48.1 Å². The molecule has 1 saturated carbocycles. The zero-order valence-electron chi connectivity index (χ0n) is 31.0. The van der Waals surface area contributed by atoms with Gasteiger partial charge in [-0.2, -0.15) is 0 Å². The van der Waals surface area contributed by atoms with Crippen LogP contribution < -0.4 is 0 Å². The van der Waals surface area contributed by atoms with E-state index < -0.39 is 120 Å². The van der Waals surface area contributed by atoms with E-state index in [1.807, 2.05) is 13.8 Å². The van der Waals surface area contributed by atoms with Crippen LogP contribution in [-0.4, -0.2) is 120 Å². The molecule has 1 spiro atoms. The van der Waals surface area contributed by atoms with Crippen molar-refractivity contribution >= 4 is 41.8 Å². The molecule has 2 heterocycles. The first kappa shape index (κ1) is 41.4. The van der Waals surface area contributed by atoms with Gasteiger partial charge in [-0.05, 0) is 37.0 Å². The van der Waals surface area contributed by atoms with E-state index in [2.05, 4.69) is 0 Å². The Bertz CT molecular complexity index is 1540. The van der Waals surface area contributed by atoms with Crippen molar-refractivity contribution in [3.8, 4) is 0 Å². The molecule has 2 aliphatic carbocycles. The molecule has 2 N–H and O–H groups in total. The maximum absolute atomic E-state index is 13.6. The molecule has 4 aliphatic rings. The minimum atomic E-state index is -2.47. The Kier molecular flexibility index (Phi) is 12.5. The minimum absolute atomic E-state index is 0.0380. The van der Waals surface area contributed by atoms with Crippen LogP contribution in [0.5, 0.6) is 0 Å². The van der Waals surface area contributed by atoms with Crippen LogP contribution in [-0.2, 0) is 71.5 Å². The molecule has 17 nitrogen and oxygen atoms in total. The van der Waals surface area contributed by atoms with Crippen molar-refractivity contribution in [3.63, 3.8) is 0 Å². The summed E-state index contributed by atoms with van der Waals surface area (Å²) < 4.78 is 46.1. The second-order valence-electron chi connectivity index (χ2n) is 14.5. The molecule has 2 saturated heterocycles. The predicted octanol–water partition coefficient (Wildman–Crippen LogP) is 0.791.